The fourth-order valence-electron chi connectivity index (χ4n) is 3.40. The zero-order chi connectivity index (χ0) is 17.3. The molecule has 0 spiro atoms. The summed E-state index contributed by atoms with van der Waals surface area (Å²) in [4.78, 5) is 20.3. The number of likely N-dealkylation sites (N-methyl/N-ethyl adjacent to an activating group) is 1. The van der Waals surface area contributed by atoms with Gasteiger partial charge in [-0.25, -0.2) is 0 Å². The molecule has 3 rings (SSSR count). The van der Waals surface area contributed by atoms with Crippen LogP contribution in [0.15, 0.2) is 18.2 Å². The summed E-state index contributed by atoms with van der Waals surface area (Å²) >= 11 is 0. The average Bonchev–Trinajstić information content (AvgIpc) is 2.92. The molecule has 0 saturated carbocycles. The Balaban J connectivity index is 1.87. The van der Waals surface area contributed by atoms with Crippen LogP contribution in [-0.2, 0) is 0 Å². The molecule has 1 aliphatic rings. The number of aliphatic hydroxyl groups excluding tert-OH is 1. The first kappa shape index (κ1) is 16.8. The Hall–Kier alpha value is -2.05. The van der Waals surface area contributed by atoms with Crippen molar-refractivity contribution in [2.24, 2.45) is 0 Å². The predicted octanol–water partition coefficient (Wildman–Crippen LogP) is 1.62. The van der Waals surface area contributed by atoms with Crippen molar-refractivity contribution in [3.63, 3.8) is 0 Å². The highest BCUT2D eigenvalue weighted by Crippen LogP contribution is 2.27. The van der Waals surface area contributed by atoms with Gasteiger partial charge in [-0.05, 0) is 44.2 Å². The van der Waals surface area contributed by atoms with E-state index in [0.29, 0.717) is 25.2 Å². The fraction of sp³-hybridized carbons (Fsp3) is 0.500. The largest absolute Gasteiger partial charge is 0.497 e. The quantitative estimate of drug-likeness (QED) is 0.893. The zero-order valence-corrected chi connectivity index (χ0v) is 14.5. The third-order valence-corrected chi connectivity index (χ3v) is 5.01. The molecule has 6 heteroatoms. The molecule has 1 saturated heterocycles. The SMILES string of the molecule is COc1ccc2[nH]c(C(=O)N3CCN(C)[C@@H](CCO)C3)c(C)c2c1. The van der Waals surface area contributed by atoms with Crippen molar-refractivity contribution < 1.29 is 14.6 Å². The molecule has 1 aromatic carbocycles. The third kappa shape index (κ3) is 2.99. The minimum atomic E-state index is 0.0266. The van der Waals surface area contributed by atoms with Crippen LogP contribution in [0.25, 0.3) is 10.9 Å². The van der Waals surface area contributed by atoms with Crippen LogP contribution in [0.4, 0.5) is 0 Å². The lowest BCUT2D eigenvalue weighted by Gasteiger charge is -2.39. The number of aromatic nitrogens is 1. The number of rotatable bonds is 4. The lowest BCUT2D eigenvalue weighted by atomic mass is 10.1. The molecule has 0 unspecified atom stereocenters. The van der Waals surface area contributed by atoms with Crippen molar-refractivity contribution in [3.05, 3.63) is 29.5 Å². The summed E-state index contributed by atoms with van der Waals surface area (Å²) in [5, 5.41) is 10.2. The van der Waals surface area contributed by atoms with Crippen molar-refractivity contribution in [1.29, 1.82) is 0 Å². The van der Waals surface area contributed by atoms with Gasteiger partial charge in [-0.3, -0.25) is 9.69 Å². The van der Waals surface area contributed by atoms with Gasteiger partial charge in [0.2, 0.25) is 0 Å². The smallest absolute Gasteiger partial charge is 0.270 e. The molecule has 24 heavy (non-hydrogen) atoms. The first-order valence-electron chi connectivity index (χ1n) is 8.31. The number of aromatic amines is 1. The van der Waals surface area contributed by atoms with Crippen LogP contribution < -0.4 is 4.74 Å². The van der Waals surface area contributed by atoms with Crippen molar-refractivity contribution in [2.45, 2.75) is 19.4 Å². The topological polar surface area (TPSA) is 68.8 Å². The van der Waals surface area contributed by atoms with E-state index in [1.54, 1.807) is 7.11 Å². The number of benzene rings is 1. The Morgan fingerprint density at radius 1 is 1.42 bits per heavy atom. The summed E-state index contributed by atoms with van der Waals surface area (Å²) in [7, 11) is 3.68. The van der Waals surface area contributed by atoms with Crippen LogP contribution in [0.5, 0.6) is 5.75 Å². The first-order chi connectivity index (χ1) is 11.5. The highest BCUT2D eigenvalue weighted by Gasteiger charge is 2.29. The number of amides is 1. The van der Waals surface area contributed by atoms with Gasteiger partial charge in [0, 0.05) is 43.2 Å². The number of carbonyl (C=O) groups excluding carboxylic acids is 1. The van der Waals surface area contributed by atoms with E-state index in [4.69, 9.17) is 4.74 Å². The van der Waals surface area contributed by atoms with Crippen LogP contribution in [0.1, 0.15) is 22.5 Å². The maximum absolute atomic E-state index is 13.0. The molecule has 2 heterocycles. The average molecular weight is 331 g/mol. The number of H-pyrrole nitrogens is 1. The van der Waals surface area contributed by atoms with Crippen molar-refractivity contribution in [1.82, 2.24) is 14.8 Å². The van der Waals surface area contributed by atoms with Crippen molar-refractivity contribution >= 4 is 16.8 Å². The predicted molar refractivity (Wildman–Crippen MR) is 93.6 cm³/mol. The van der Waals surface area contributed by atoms with E-state index in [9.17, 15) is 9.90 Å². The van der Waals surface area contributed by atoms with E-state index >= 15 is 0 Å². The van der Waals surface area contributed by atoms with Gasteiger partial charge in [0.05, 0.1) is 7.11 Å². The number of nitrogens with zero attached hydrogens (tertiary/aromatic N) is 2. The van der Waals surface area contributed by atoms with Crippen LogP contribution in [-0.4, -0.2) is 72.2 Å². The maximum atomic E-state index is 13.0. The lowest BCUT2D eigenvalue weighted by Crippen LogP contribution is -2.53. The van der Waals surface area contributed by atoms with Gasteiger partial charge in [-0.1, -0.05) is 0 Å². The van der Waals surface area contributed by atoms with E-state index in [-0.39, 0.29) is 18.6 Å². The number of fused-ring (bicyclic) bond motifs is 1. The first-order valence-corrected chi connectivity index (χ1v) is 8.31. The Labute approximate surface area is 142 Å². The number of hydrogen-bond acceptors (Lipinski definition) is 4. The molecule has 2 N–H and O–H groups in total. The minimum absolute atomic E-state index is 0.0266. The van der Waals surface area contributed by atoms with Crippen LogP contribution in [0.2, 0.25) is 0 Å². The highest BCUT2D eigenvalue weighted by molar-refractivity contribution is 6.01. The van der Waals surface area contributed by atoms with Crippen molar-refractivity contribution in [2.75, 3.05) is 40.4 Å². The number of nitrogens with one attached hydrogen (secondary N) is 1. The second-order valence-corrected chi connectivity index (χ2v) is 6.43. The van der Waals surface area contributed by atoms with Gasteiger partial charge < -0.3 is 19.7 Å². The third-order valence-electron chi connectivity index (χ3n) is 5.01. The Bertz CT molecular complexity index is 740. The van der Waals surface area contributed by atoms with Gasteiger partial charge in [-0.2, -0.15) is 0 Å². The lowest BCUT2D eigenvalue weighted by molar-refractivity contribution is 0.0495. The summed E-state index contributed by atoms with van der Waals surface area (Å²) in [6.07, 6.45) is 0.684. The standard InChI is InChI=1S/C18H25N3O3/c1-12-15-10-14(24-3)4-5-16(15)19-17(12)18(23)21-8-7-20(2)13(11-21)6-9-22/h4-5,10,13,19,22H,6-9,11H2,1-3H3/t13-/m0/s1. The molecule has 6 nitrogen and oxygen atoms in total. The number of carbonyl (C=O) groups is 1. The number of piperazine rings is 1. The Kier molecular flexibility index (Phi) is 4.78. The summed E-state index contributed by atoms with van der Waals surface area (Å²) in [6, 6.07) is 5.99. The van der Waals surface area contributed by atoms with Gasteiger partial charge in [0.25, 0.3) is 5.91 Å². The normalized spacial score (nSPS) is 19.0. The van der Waals surface area contributed by atoms with Crippen LogP contribution in [0.3, 0.4) is 0 Å². The monoisotopic (exact) mass is 331 g/mol. The molecule has 1 aliphatic heterocycles. The summed E-state index contributed by atoms with van der Waals surface area (Å²) in [5.41, 5.74) is 2.54. The number of ether oxygens (including phenoxy) is 1. The maximum Gasteiger partial charge on any atom is 0.270 e. The second-order valence-electron chi connectivity index (χ2n) is 6.43. The number of hydrogen-bond donors (Lipinski definition) is 2. The minimum Gasteiger partial charge on any atom is -0.497 e. The molecular formula is C18H25N3O3. The number of methoxy groups -OCH3 is 1. The molecule has 1 fully saturated rings. The van der Waals surface area contributed by atoms with Crippen molar-refractivity contribution in [3.8, 4) is 5.75 Å². The van der Waals surface area contributed by atoms with E-state index in [2.05, 4.69) is 9.88 Å². The van der Waals surface area contributed by atoms with E-state index in [0.717, 1.165) is 28.8 Å². The molecule has 0 aliphatic carbocycles. The van der Waals surface area contributed by atoms with Gasteiger partial charge in [0.15, 0.2) is 0 Å². The summed E-state index contributed by atoms with van der Waals surface area (Å²) < 4.78 is 5.28. The van der Waals surface area contributed by atoms with Gasteiger partial charge in [-0.15, -0.1) is 0 Å². The molecular weight excluding hydrogens is 306 g/mol. The zero-order valence-electron chi connectivity index (χ0n) is 14.5. The Morgan fingerprint density at radius 3 is 2.92 bits per heavy atom. The van der Waals surface area contributed by atoms with E-state index in [1.807, 2.05) is 37.1 Å². The highest BCUT2D eigenvalue weighted by atomic mass is 16.5. The molecule has 1 aromatic heterocycles. The van der Waals surface area contributed by atoms with Crippen LogP contribution >= 0.6 is 0 Å². The number of aryl methyl sites for hydroxylation is 1. The fourth-order valence-corrected chi connectivity index (χ4v) is 3.40. The summed E-state index contributed by atoms with van der Waals surface area (Å²) in [6.45, 7) is 4.28. The second kappa shape index (κ2) is 6.83. The summed E-state index contributed by atoms with van der Waals surface area (Å²) in [5.74, 6) is 0.810. The van der Waals surface area contributed by atoms with Crippen LogP contribution in [0, 0.1) is 6.92 Å². The molecule has 1 amide bonds. The van der Waals surface area contributed by atoms with Gasteiger partial charge >= 0.3 is 0 Å². The molecule has 130 valence electrons. The molecule has 0 radical (unpaired) electrons. The Morgan fingerprint density at radius 2 is 2.21 bits per heavy atom. The number of aliphatic hydroxyl groups is 1. The molecule has 2 aromatic rings. The molecule has 1 atom stereocenters. The molecule has 0 bridgehead atoms. The van der Waals surface area contributed by atoms with Gasteiger partial charge in [0.1, 0.15) is 11.4 Å². The van der Waals surface area contributed by atoms with E-state index < -0.39 is 0 Å². The van der Waals surface area contributed by atoms with E-state index in [1.165, 1.54) is 0 Å².